The van der Waals surface area contributed by atoms with Gasteiger partial charge in [0.2, 0.25) is 0 Å². The Morgan fingerprint density at radius 1 is 1.22 bits per heavy atom. The second-order valence-corrected chi connectivity index (χ2v) is 5.23. The molecule has 0 aliphatic heterocycles. The molecule has 102 valence electrons. The van der Waals surface area contributed by atoms with E-state index in [9.17, 15) is 0 Å². The number of halogens is 1. The first-order valence-electron chi connectivity index (χ1n) is 6.70. The third-order valence-electron chi connectivity index (χ3n) is 2.93. The third-order valence-corrected chi connectivity index (χ3v) is 3.18. The lowest BCUT2D eigenvalue weighted by Crippen LogP contribution is -2.28. The van der Waals surface area contributed by atoms with Crippen molar-refractivity contribution in [2.24, 2.45) is 0 Å². The Balaban J connectivity index is 2.60. The van der Waals surface area contributed by atoms with Gasteiger partial charge in [-0.25, -0.2) is 0 Å². The fourth-order valence-electron chi connectivity index (χ4n) is 1.87. The molecule has 0 spiro atoms. The molecule has 0 aromatic heterocycles. The van der Waals surface area contributed by atoms with Crippen LogP contribution in [0.4, 0.5) is 0 Å². The highest BCUT2D eigenvalue weighted by Gasteiger charge is 2.11. The highest BCUT2D eigenvalue weighted by molar-refractivity contribution is 6.30. The Hall–Kier alpha value is -0.570. The van der Waals surface area contributed by atoms with Crippen molar-refractivity contribution in [3.63, 3.8) is 0 Å². The monoisotopic (exact) mass is 269 g/mol. The van der Waals surface area contributed by atoms with Crippen molar-refractivity contribution < 1.29 is 4.74 Å². The van der Waals surface area contributed by atoms with Gasteiger partial charge in [0.25, 0.3) is 0 Å². The van der Waals surface area contributed by atoms with Gasteiger partial charge in [0.05, 0.1) is 0 Å². The van der Waals surface area contributed by atoms with E-state index in [4.69, 9.17) is 16.3 Å². The van der Waals surface area contributed by atoms with Crippen LogP contribution in [0.1, 0.15) is 38.7 Å². The van der Waals surface area contributed by atoms with Crippen molar-refractivity contribution in [2.45, 2.75) is 39.2 Å². The second kappa shape index (κ2) is 8.52. The van der Waals surface area contributed by atoms with E-state index < -0.39 is 0 Å². The van der Waals surface area contributed by atoms with Gasteiger partial charge in [-0.2, -0.15) is 0 Å². The summed E-state index contributed by atoms with van der Waals surface area (Å²) in [5.41, 5.74) is 1.33. The predicted octanol–water partition coefficient (Wildman–Crippen LogP) is 3.85. The van der Waals surface area contributed by atoms with Gasteiger partial charge < -0.3 is 10.1 Å². The summed E-state index contributed by atoms with van der Waals surface area (Å²) >= 11 is 5.93. The van der Waals surface area contributed by atoms with Crippen LogP contribution in [0.3, 0.4) is 0 Å². The Bertz CT molecular complexity index is 324. The number of hydrogen-bond donors (Lipinski definition) is 1. The molecule has 1 N–H and O–H groups in total. The molecule has 0 heterocycles. The number of hydrogen-bond acceptors (Lipinski definition) is 2. The summed E-state index contributed by atoms with van der Waals surface area (Å²) in [6.07, 6.45) is 1.04. The molecule has 1 atom stereocenters. The molecular formula is C15H24ClNO. The van der Waals surface area contributed by atoms with Gasteiger partial charge in [-0.05, 0) is 37.0 Å². The topological polar surface area (TPSA) is 21.3 Å². The highest BCUT2D eigenvalue weighted by Crippen LogP contribution is 2.21. The van der Waals surface area contributed by atoms with Crippen molar-refractivity contribution in [3.8, 4) is 0 Å². The lowest BCUT2D eigenvalue weighted by Gasteiger charge is -2.19. The average molecular weight is 270 g/mol. The zero-order chi connectivity index (χ0) is 13.4. The maximum atomic E-state index is 5.93. The van der Waals surface area contributed by atoms with Gasteiger partial charge in [0, 0.05) is 30.8 Å². The standard InChI is InChI=1S/C15H24ClNO/c1-4-18-10-9-14(11-17-12(2)3)13-5-7-15(16)8-6-13/h5-8,12,14,17H,4,9-11H2,1-3H3. The molecule has 1 unspecified atom stereocenters. The van der Waals surface area contributed by atoms with E-state index in [-0.39, 0.29) is 0 Å². The fourth-order valence-corrected chi connectivity index (χ4v) is 2.00. The summed E-state index contributed by atoms with van der Waals surface area (Å²) in [6.45, 7) is 8.94. The first-order chi connectivity index (χ1) is 8.63. The van der Waals surface area contributed by atoms with Gasteiger partial charge in [-0.1, -0.05) is 37.6 Å². The first kappa shape index (κ1) is 15.5. The summed E-state index contributed by atoms with van der Waals surface area (Å²) in [7, 11) is 0. The number of ether oxygens (including phenoxy) is 1. The van der Waals surface area contributed by atoms with Crippen molar-refractivity contribution in [3.05, 3.63) is 34.9 Å². The smallest absolute Gasteiger partial charge is 0.0472 e. The summed E-state index contributed by atoms with van der Waals surface area (Å²) in [6, 6.07) is 8.65. The predicted molar refractivity (Wildman–Crippen MR) is 78.4 cm³/mol. The summed E-state index contributed by atoms with van der Waals surface area (Å²) in [5, 5.41) is 4.29. The molecule has 1 aromatic rings. The molecule has 0 radical (unpaired) electrons. The molecule has 0 aliphatic carbocycles. The zero-order valence-corrected chi connectivity index (χ0v) is 12.3. The van der Waals surface area contributed by atoms with Crippen LogP contribution in [0.25, 0.3) is 0 Å². The maximum absolute atomic E-state index is 5.93. The normalized spacial score (nSPS) is 12.9. The molecule has 18 heavy (non-hydrogen) atoms. The van der Waals surface area contributed by atoms with Crippen LogP contribution in [0.5, 0.6) is 0 Å². The minimum Gasteiger partial charge on any atom is -0.382 e. The first-order valence-corrected chi connectivity index (χ1v) is 7.07. The Morgan fingerprint density at radius 3 is 2.44 bits per heavy atom. The van der Waals surface area contributed by atoms with Gasteiger partial charge in [0.15, 0.2) is 0 Å². The quantitative estimate of drug-likeness (QED) is 0.724. The van der Waals surface area contributed by atoms with E-state index in [0.29, 0.717) is 12.0 Å². The molecule has 0 bridgehead atoms. The van der Waals surface area contributed by atoms with Crippen molar-refractivity contribution >= 4 is 11.6 Å². The van der Waals surface area contributed by atoms with E-state index in [1.54, 1.807) is 0 Å². The highest BCUT2D eigenvalue weighted by atomic mass is 35.5. The molecular weight excluding hydrogens is 246 g/mol. The SMILES string of the molecule is CCOCCC(CNC(C)C)c1ccc(Cl)cc1. The van der Waals surface area contributed by atoms with Crippen molar-refractivity contribution in [1.82, 2.24) is 5.32 Å². The van der Waals surface area contributed by atoms with Crippen molar-refractivity contribution in [2.75, 3.05) is 19.8 Å². The lowest BCUT2D eigenvalue weighted by atomic mass is 9.96. The third kappa shape index (κ3) is 5.85. The van der Waals surface area contributed by atoms with Gasteiger partial charge in [-0.15, -0.1) is 0 Å². The summed E-state index contributed by atoms with van der Waals surface area (Å²) in [4.78, 5) is 0. The van der Waals surface area contributed by atoms with Crippen LogP contribution in [-0.4, -0.2) is 25.8 Å². The van der Waals surface area contributed by atoms with Crippen LogP contribution in [0, 0.1) is 0 Å². The Morgan fingerprint density at radius 2 is 1.89 bits per heavy atom. The maximum Gasteiger partial charge on any atom is 0.0472 e. The van der Waals surface area contributed by atoms with E-state index in [0.717, 1.165) is 31.2 Å². The Kier molecular flexibility index (Phi) is 7.33. The molecule has 0 amide bonds. The van der Waals surface area contributed by atoms with E-state index in [1.165, 1.54) is 5.56 Å². The van der Waals surface area contributed by atoms with Gasteiger partial charge in [0.1, 0.15) is 0 Å². The van der Waals surface area contributed by atoms with E-state index in [1.807, 2.05) is 19.1 Å². The second-order valence-electron chi connectivity index (χ2n) is 4.80. The van der Waals surface area contributed by atoms with E-state index in [2.05, 4.69) is 31.3 Å². The number of rotatable bonds is 8. The fraction of sp³-hybridized carbons (Fsp3) is 0.600. The average Bonchev–Trinajstić information content (AvgIpc) is 2.34. The summed E-state index contributed by atoms with van der Waals surface area (Å²) in [5.74, 6) is 0.483. The van der Waals surface area contributed by atoms with Crippen LogP contribution in [-0.2, 0) is 4.74 Å². The number of nitrogens with one attached hydrogen (secondary N) is 1. The molecule has 0 saturated heterocycles. The van der Waals surface area contributed by atoms with E-state index >= 15 is 0 Å². The minimum atomic E-state index is 0.483. The van der Waals surface area contributed by atoms with Gasteiger partial charge >= 0.3 is 0 Å². The molecule has 0 aliphatic rings. The number of benzene rings is 1. The largest absolute Gasteiger partial charge is 0.382 e. The zero-order valence-electron chi connectivity index (χ0n) is 11.6. The molecule has 2 nitrogen and oxygen atoms in total. The molecule has 3 heteroatoms. The van der Waals surface area contributed by atoms with Crippen LogP contribution in [0.15, 0.2) is 24.3 Å². The molecule has 0 fully saturated rings. The van der Waals surface area contributed by atoms with Crippen LogP contribution < -0.4 is 5.32 Å². The van der Waals surface area contributed by atoms with Crippen LogP contribution in [0.2, 0.25) is 5.02 Å². The van der Waals surface area contributed by atoms with Gasteiger partial charge in [-0.3, -0.25) is 0 Å². The molecule has 1 rings (SSSR count). The lowest BCUT2D eigenvalue weighted by molar-refractivity contribution is 0.139. The Labute approximate surface area is 116 Å². The van der Waals surface area contributed by atoms with Crippen LogP contribution >= 0.6 is 11.6 Å². The molecule has 0 saturated carbocycles. The minimum absolute atomic E-state index is 0.483. The summed E-state index contributed by atoms with van der Waals surface area (Å²) < 4.78 is 5.46. The molecule has 1 aromatic carbocycles. The van der Waals surface area contributed by atoms with Crippen molar-refractivity contribution in [1.29, 1.82) is 0 Å².